The van der Waals surface area contributed by atoms with Crippen LogP contribution in [0.2, 0.25) is 0 Å². The Hall–Kier alpha value is -2.61. The molecule has 1 amide bonds. The number of rotatable bonds is 3. The van der Waals surface area contributed by atoms with E-state index in [9.17, 15) is 18.0 Å². The minimum atomic E-state index is -4.49. The zero-order chi connectivity index (χ0) is 18.0. The van der Waals surface area contributed by atoms with Crippen molar-refractivity contribution in [1.82, 2.24) is 9.78 Å². The summed E-state index contributed by atoms with van der Waals surface area (Å²) in [6.45, 7) is 0. The fourth-order valence-electron chi connectivity index (χ4n) is 2.18. The largest absolute Gasteiger partial charge is 0.416 e. The SMILES string of the molecule is O=C(Nc1ccc(-n2cc(Br)cn2)cc1)c1cccc(C(F)(F)F)c1. The smallest absolute Gasteiger partial charge is 0.322 e. The van der Waals surface area contributed by atoms with E-state index < -0.39 is 17.6 Å². The molecule has 0 spiro atoms. The lowest BCUT2D eigenvalue weighted by molar-refractivity contribution is -0.137. The van der Waals surface area contributed by atoms with Gasteiger partial charge in [0.2, 0.25) is 0 Å². The number of benzene rings is 2. The number of hydrogen-bond donors (Lipinski definition) is 1. The van der Waals surface area contributed by atoms with Crippen molar-refractivity contribution in [3.8, 4) is 5.69 Å². The number of hydrogen-bond acceptors (Lipinski definition) is 2. The summed E-state index contributed by atoms with van der Waals surface area (Å²) in [5, 5.41) is 6.71. The molecule has 25 heavy (non-hydrogen) atoms. The van der Waals surface area contributed by atoms with E-state index in [0.717, 1.165) is 22.3 Å². The van der Waals surface area contributed by atoms with Crippen molar-refractivity contribution in [2.24, 2.45) is 0 Å². The third-order valence-corrected chi connectivity index (χ3v) is 3.80. The molecule has 4 nitrogen and oxygen atoms in total. The molecule has 0 aliphatic carbocycles. The summed E-state index contributed by atoms with van der Waals surface area (Å²) < 4.78 is 40.6. The average molecular weight is 410 g/mol. The summed E-state index contributed by atoms with van der Waals surface area (Å²) in [6, 6.07) is 11.1. The number of halogens is 4. The Morgan fingerprint density at radius 1 is 1.12 bits per heavy atom. The number of aromatic nitrogens is 2. The van der Waals surface area contributed by atoms with Crippen LogP contribution < -0.4 is 5.32 Å². The van der Waals surface area contributed by atoms with Crippen LogP contribution in [0.4, 0.5) is 18.9 Å². The van der Waals surface area contributed by atoms with Gasteiger partial charge in [0, 0.05) is 17.4 Å². The lowest BCUT2D eigenvalue weighted by Gasteiger charge is -2.10. The Labute approximate surface area is 149 Å². The average Bonchev–Trinajstić information content (AvgIpc) is 3.01. The van der Waals surface area contributed by atoms with Gasteiger partial charge in [0.05, 0.1) is 21.9 Å². The molecule has 1 aromatic heterocycles. The summed E-state index contributed by atoms with van der Waals surface area (Å²) in [7, 11) is 0. The van der Waals surface area contributed by atoms with Crippen LogP contribution in [-0.4, -0.2) is 15.7 Å². The van der Waals surface area contributed by atoms with Crippen molar-refractivity contribution < 1.29 is 18.0 Å². The molecule has 128 valence electrons. The van der Waals surface area contributed by atoms with Gasteiger partial charge in [-0.2, -0.15) is 18.3 Å². The quantitative estimate of drug-likeness (QED) is 0.668. The minimum absolute atomic E-state index is 0.0603. The normalized spacial score (nSPS) is 11.4. The topological polar surface area (TPSA) is 46.9 Å². The number of nitrogens with zero attached hydrogens (tertiary/aromatic N) is 2. The minimum Gasteiger partial charge on any atom is -0.322 e. The highest BCUT2D eigenvalue weighted by Gasteiger charge is 2.30. The first-order valence-corrected chi connectivity index (χ1v) is 7.91. The number of carbonyl (C=O) groups excluding carboxylic acids is 1. The van der Waals surface area contributed by atoms with Crippen LogP contribution in [-0.2, 0) is 6.18 Å². The molecule has 0 aliphatic heterocycles. The molecule has 0 fully saturated rings. The van der Waals surface area contributed by atoms with Crippen molar-refractivity contribution >= 4 is 27.5 Å². The van der Waals surface area contributed by atoms with Gasteiger partial charge in [0.15, 0.2) is 0 Å². The van der Waals surface area contributed by atoms with Gasteiger partial charge >= 0.3 is 6.18 Å². The second-order valence-corrected chi connectivity index (χ2v) is 6.10. The molecule has 0 radical (unpaired) electrons. The molecule has 1 N–H and O–H groups in total. The van der Waals surface area contributed by atoms with Crippen molar-refractivity contribution in [2.45, 2.75) is 6.18 Å². The second kappa shape index (κ2) is 6.72. The zero-order valence-electron chi connectivity index (χ0n) is 12.6. The highest BCUT2D eigenvalue weighted by atomic mass is 79.9. The molecule has 0 aliphatic rings. The van der Waals surface area contributed by atoms with E-state index in [0.29, 0.717) is 5.69 Å². The Morgan fingerprint density at radius 2 is 1.84 bits per heavy atom. The molecule has 0 atom stereocenters. The van der Waals surface area contributed by atoms with Gasteiger partial charge in [-0.1, -0.05) is 6.07 Å². The zero-order valence-corrected chi connectivity index (χ0v) is 14.2. The molecule has 0 bridgehead atoms. The Balaban J connectivity index is 1.75. The predicted octanol–water partition coefficient (Wildman–Crippen LogP) is 4.91. The highest BCUT2D eigenvalue weighted by molar-refractivity contribution is 9.10. The van der Waals surface area contributed by atoms with Crippen molar-refractivity contribution in [1.29, 1.82) is 0 Å². The number of carbonyl (C=O) groups is 1. The maximum Gasteiger partial charge on any atom is 0.416 e. The van der Waals surface area contributed by atoms with Gasteiger partial charge in [-0.05, 0) is 58.4 Å². The van der Waals surface area contributed by atoms with E-state index in [4.69, 9.17) is 0 Å². The number of anilines is 1. The first-order valence-electron chi connectivity index (χ1n) is 7.12. The van der Waals surface area contributed by atoms with Crippen LogP contribution in [0.3, 0.4) is 0 Å². The molecule has 3 rings (SSSR count). The lowest BCUT2D eigenvalue weighted by Crippen LogP contribution is -2.14. The van der Waals surface area contributed by atoms with Gasteiger partial charge in [-0.15, -0.1) is 0 Å². The van der Waals surface area contributed by atoms with Crippen LogP contribution in [0.15, 0.2) is 65.4 Å². The second-order valence-electron chi connectivity index (χ2n) is 5.18. The van der Waals surface area contributed by atoms with Crippen LogP contribution >= 0.6 is 15.9 Å². The number of nitrogens with one attached hydrogen (secondary N) is 1. The van der Waals surface area contributed by atoms with Crippen molar-refractivity contribution in [3.63, 3.8) is 0 Å². The molecule has 3 aromatic rings. The maximum atomic E-state index is 12.7. The lowest BCUT2D eigenvalue weighted by atomic mass is 10.1. The maximum absolute atomic E-state index is 12.7. The first-order chi connectivity index (χ1) is 11.8. The molecular weight excluding hydrogens is 399 g/mol. The molecule has 0 unspecified atom stereocenters. The summed E-state index contributed by atoms with van der Waals surface area (Å²) in [5.74, 6) is -0.610. The molecule has 0 saturated carbocycles. The van der Waals surface area contributed by atoms with E-state index in [1.165, 1.54) is 12.1 Å². The van der Waals surface area contributed by atoms with Crippen LogP contribution in [0.25, 0.3) is 5.69 Å². The van der Waals surface area contributed by atoms with E-state index in [2.05, 4.69) is 26.3 Å². The van der Waals surface area contributed by atoms with Crippen LogP contribution in [0.1, 0.15) is 15.9 Å². The van der Waals surface area contributed by atoms with E-state index in [1.54, 1.807) is 41.3 Å². The Morgan fingerprint density at radius 3 is 2.44 bits per heavy atom. The summed E-state index contributed by atoms with van der Waals surface area (Å²) >= 11 is 3.30. The van der Waals surface area contributed by atoms with Gasteiger partial charge in [0.1, 0.15) is 0 Å². The summed E-state index contributed by atoms with van der Waals surface area (Å²) in [4.78, 5) is 12.1. The van der Waals surface area contributed by atoms with Gasteiger partial charge < -0.3 is 5.32 Å². The Bertz CT molecular complexity index is 904. The van der Waals surface area contributed by atoms with Crippen molar-refractivity contribution in [2.75, 3.05) is 5.32 Å². The highest BCUT2D eigenvalue weighted by Crippen LogP contribution is 2.29. The molecule has 1 heterocycles. The Kier molecular flexibility index (Phi) is 4.63. The van der Waals surface area contributed by atoms with E-state index in [-0.39, 0.29) is 5.56 Å². The molecule has 0 saturated heterocycles. The fourth-order valence-corrected chi connectivity index (χ4v) is 2.47. The van der Waals surface area contributed by atoms with Gasteiger partial charge in [-0.25, -0.2) is 4.68 Å². The molecule has 2 aromatic carbocycles. The number of amides is 1. The number of alkyl halides is 3. The van der Waals surface area contributed by atoms with Crippen LogP contribution in [0.5, 0.6) is 0 Å². The third-order valence-electron chi connectivity index (χ3n) is 3.39. The summed E-state index contributed by atoms with van der Waals surface area (Å²) in [5.41, 5.74) is 0.329. The third kappa shape index (κ3) is 4.08. The van der Waals surface area contributed by atoms with E-state index in [1.807, 2.05) is 0 Å². The van der Waals surface area contributed by atoms with Crippen LogP contribution in [0, 0.1) is 0 Å². The summed E-state index contributed by atoms with van der Waals surface area (Å²) in [6.07, 6.45) is -1.07. The van der Waals surface area contributed by atoms with E-state index >= 15 is 0 Å². The fraction of sp³-hybridized carbons (Fsp3) is 0.0588. The molecule has 8 heteroatoms. The molecular formula is C17H11BrF3N3O. The predicted molar refractivity (Wildman–Crippen MR) is 90.7 cm³/mol. The van der Waals surface area contributed by atoms with Gasteiger partial charge in [-0.3, -0.25) is 4.79 Å². The monoisotopic (exact) mass is 409 g/mol. The first kappa shape index (κ1) is 17.2. The van der Waals surface area contributed by atoms with Gasteiger partial charge in [0.25, 0.3) is 5.91 Å². The van der Waals surface area contributed by atoms with Crippen molar-refractivity contribution in [3.05, 3.63) is 76.5 Å². The standard InChI is InChI=1S/C17H11BrF3N3O/c18-13-9-22-24(10-13)15-6-4-14(5-7-15)23-16(25)11-2-1-3-12(8-11)17(19,20)21/h1-10H,(H,23,25).